The minimum Gasteiger partial charge on any atom is -0.400 e. The van der Waals surface area contributed by atoms with Gasteiger partial charge in [-0.1, -0.05) is 77.4 Å². The molecule has 2 atom stereocenters. The van der Waals surface area contributed by atoms with Crippen LogP contribution in [-0.2, 0) is 4.57 Å². The summed E-state index contributed by atoms with van der Waals surface area (Å²) in [6, 6.07) is 31.0. The molecule has 1 aromatic heterocycles. The molecular formula is C29H22ClN4O3P. The highest BCUT2D eigenvalue weighted by atomic mass is 35.5. The zero-order valence-electron chi connectivity index (χ0n) is 20.1. The fourth-order valence-electron chi connectivity index (χ4n) is 5.10. The molecule has 1 heterocycles. The quantitative estimate of drug-likeness (QED) is 0.0891. The minimum absolute atomic E-state index is 0.132. The normalized spacial score (nSPS) is 16.6. The molecule has 1 aliphatic carbocycles. The summed E-state index contributed by atoms with van der Waals surface area (Å²) in [6.07, 6.45) is 2.41. The van der Waals surface area contributed by atoms with E-state index in [1.54, 1.807) is 28.6 Å². The van der Waals surface area contributed by atoms with Crippen molar-refractivity contribution in [2.45, 2.75) is 18.4 Å². The average Bonchev–Trinajstić information content (AvgIpc) is 3.49. The van der Waals surface area contributed by atoms with Crippen molar-refractivity contribution in [2.24, 2.45) is 5.11 Å². The first-order chi connectivity index (χ1) is 18.6. The lowest BCUT2D eigenvalue weighted by Gasteiger charge is -2.21. The number of fused-ring (bicyclic) bond motifs is 2. The Morgan fingerprint density at radius 1 is 0.842 bits per heavy atom. The van der Waals surface area contributed by atoms with E-state index >= 15 is 0 Å². The molecule has 0 radical (unpaired) electrons. The second-order valence-corrected chi connectivity index (χ2v) is 11.2. The summed E-state index contributed by atoms with van der Waals surface area (Å²) in [4.78, 5) is 3.07. The molecule has 0 saturated heterocycles. The third kappa shape index (κ3) is 4.42. The summed E-state index contributed by atoms with van der Waals surface area (Å²) < 4.78 is 28.6. The van der Waals surface area contributed by atoms with Gasteiger partial charge in [-0.3, -0.25) is 0 Å². The molecule has 38 heavy (non-hydrogen) atoms. The van der Waals surface area contributed by atoms with E-state index in [0.717, 1.165) is 22.1 Å². The van der Waals surface area contributed by atoms with Crippen LogP contribution in [0.1, 0.15) is 35.1 Å². The molecule has 5 aromatic rings. The maximum Gasteiger partial charge on any atom is 0.548 e. The van der Waals surface area contributed by atoms with Crippen LogP contribution < -0.4 is 9.05 Å². The highest BCUT2D eigenvalue weighted by Crippen LogP contribution is 2.55. The van der Waals surface area contributed by atoms with Gasteiger partial charge in [-0.15, -0.1) is 0 Å². The molecule has 0 bridgehead atoms. The molecule has 6 rings (SSSR count). The van der Waals surface area contributed by atoms with Crippen LogP contribution in [0.25, 0.3) is 21.3 Å². The topological polar surface area (TPSA) is 89.2 Å². The Morgan fingerprint density at radius 2 is 1.47 bits per heavy atom. The van der Waals surface area contributed by atoms with Crippen molar-refractivity contribution >= 4 is 30.3 Å². The van der Waals surface area contributed by atoms with Gasteiger partial charge >= 0.3 is 7.75 Å². The number of hydrogen-bond acceptors (Lipinski definition) is 4. The molecule has 0 spiro atoms. The molecule has 0 N–H and O–H groups in total. The Morgan fingerprint density at radius 3 is 2.13 bits per heavy atom. The lowest BCUT2D eigenvalue weighted by molar-refractivity contribution is 0.376. The first-order valence-electron chi connectivity index (χ1n) is 12.1. The van der Waals surface area contributed by atoms with Gasteiger partial charge in [0, 0.05) is 27.4 Å². The molecule has 188 valence electrons. The summed E-state index contributed by atoms with van der Waals surface area (Å²) in [5, 5.41) is 5.55. The van der Waals surface area contributed by atoms with Crippen LogP contribution in [0.2, 0.25) is 5.02 Å². The number of hydrogen-bond donors (Lipinski definition) is 0. The Balaban J connectivity index is 1.53. The number of azide groups is 1. The number of benzene rings is 4. The van der Waals surface area contributed by atoms with E-state index in [1.165, 1.54) is 0 Å². The first-order valence-corrected chi connectivity index (χ1v) is 14.0. The van der Waals surface area contributed by atoms with Gasteiger partial charge in [-0.2, -0.15) is 0 Å². The third-order valence-electron chi connectivity index (χ3n) is 6.72. The van der Waals surface area contributed by atoms with Gasteiger partial charge in [0.25, 0.3) is 0 Å². The molecule has 0 saturated carbocycles. The lowest BCUT2D eigenvalue weighted by Crippen LogP contribution is -2.09. The second-order valence-electron chi connectivity index (χ2n) is 9.01. The van der Waals surface area contributed by atoms with Crippen molar-refractivity contribution in [3.63, 3.8) is 0 Å². The molecule has 4 aromatic carbocycles. The highest BCUT2D eigenvalue weighted by molar-refractivity contribution is 7.53. The molecule has 7 nitrogen and oxygen atoms in total. The van der Waals surface area contributed by atoms with Crippen LogP contribution >= 0.6 is 19.3 Å². The van der Waals surface area contributed by atoms with E-state index in [0.29, 0.717) is 28.5 Å². The summed E-state index contributed by atoms with van der Waals surface area (Å²) in [5.74, 6) is 0.715. The SMILES string of the molecule is [N-]=[N+]=NC1CC(c2cn(P(=O)(Oc3ccccc3)Oc3ccccc3)c3ccccc23)c2cc(Cl)ccc21. The maximum absolute atomic E-state index is 14.7. The number of rotatable bonds is 7. The third-order valence-corrected chi connectivity index (χ3v) is 8.70. The summed E-state index contributed by atoms with van der Waals surface area (Å²) in [5.41, 5.74) is 12.7. The van der Waals surface area contributed by atoms with Crippen molar-refractivity contribution in [3.8, 4) is 11.5 Å². The fourth-order valence-corrected chi connectivity index (χ4v) is 6.97. The Bertz CT molecular complexity index is 1670. The minimum atomic E-state index is -3.99. The summed E-state index contributed by atoms with van der Waals surface area (Å²) in [6.45, 7) is 0. The Kier molecular flexibility index (Phi) is 6.34. The van der Waals surface area contributed by atoms with Gasteiger partial charge in [0.2, 0.25) is 0 Å². The molecule has 9 heteroatoms. The average molecular weight is 541 g/mol. The lowest BCUT2D eigenvalue weighted by atomic mass is 9.92. The van der Waals surface area contributed by atoms with Crippen molar-refractivity contribution in [3.05, 3.63) is 141 Å². The van der Waals surface area contributed by atoms with Crippen LogP contribution in [-0.4, -0.2) is 4.34 Å². The summed E-state index contributed by atoms with van der Waals surface area (Å²) in [7, 11) is -3.99. The first kappa shape index (κ1) is 24.2. The van der Waals surface area contributed by atoms with Gasteiger partial charge in [0.1, 0.15) is 11.5 Å². The van der Waals surface area contributed by atoms with Gasteiger partial charge in [0.05, 0.1) is 11.6 Å². The van der Waals surface area contributed by atoms with E-state index in [-0.39, 0.29) is 12.0 Å². The van der Waals surface area contributed by atoms with Crippen LogP contribution in [0, 0.1) is 0 Å². The number of halogens is 1. The molecular weight excluding hydrogens is 519 g/mol. The van der Waals surface area contributed by atoms with Crippen LogP contribution in [0.3, 0.4) is 0 Å². The smallest absolute Gasteiger partial charge is 0.400 e. The molecule has 2 unspecified atom stereocenters. The van der Waals surface area contributed by atoms with Crippen molar-refractivity contribution < 1.29 is 13.6 Å². The van der Waals surface area contributed by atoms with Crippen molar-refractivity contribution in [1.82, 2.24) is 4.34 Å². The molecule has 1 aliphatic rings. The zero-order valence-corrected chi connectivity index (χ0v) is 21.7. The standard InChI is InChI=1S/C29H22ClN4O3P/c30-20-15-16-23-25(17-20)26(18-28(23)32-33-31)27-19-34(29-14-8-7-13-24(27)29)38(35,36-21-9-3-1-4-10-21)37-22-11-5-2-6-12-22/h1-17,19,26,28H,18H2. The van der Waals surface area contributed by atoms with Crippen LogP contribution in [0.4, 0.5) is 0 Å². The summed E-state index contributed by atoms with van der Waals surface area (Å²) >= 11 is 6.38. The van der Waals surface area contributed by atoms with Crippen LogP contribution in [0.5, 0.6) is 11.5 Å². The van der Waals surface area contributed by atoms with E-state index in [2.05, 4.69) is 10.0 Å². The molecule has 0 fully saturated rings. The van der Waals surface area contributed by atoms with Crippen molar-refractivity contribution in [1.29, 1.82) is 0 Å². The predicted molar refractivity (Wildman–Crippen MR) is 149 cm³/mol. The second kappa shape index (κ2) is 9.96. The number of para-hydroxylation sites is 3. The van der Waals surface area contributed by atoms with Gasteiger partial charge in [-0.25, -0.2) is 8.90 Å². The molecule has 0 amide bonds. The fraction of sp³-hybridized carbons (Fsp3) is 0.103. The maximum atomic E-state index is 14.7. The largest absolute Gasteiger partial charge is 0.548 e. The van der Waals surface area contributed by atoms with Crippen LogP contribution in [0.15, 0.2) is 114 Å². The van der Waals surface area contributed by atoms with Crippen molar-refractivity contribution in [2.75, 3.05) is 0 Å². The molecule has 0 aliphatic heterocycles. The van der Waals surface area contributed by atoms with E-state index in [9.17, 15) is 10.1 Å². The van der Waals surface area contributed by atoms with E-state index in [1.807, 2.05) is 85.1 Å². The monoisotopic (exact) mass is 540 g/mol. The zero-order chi connectivity index (χ0) is 26.1. The van der Waals surface area contributed by atoms with Gasteiger partial charge < -0.3 is 9.05 Å². The van der Waals surface area contributed by atoms with E-state index in [4.69, 9.17) is 20.6 Å². The number of nitrogens with zero attached hydrogens (tertiary/aromatic N) is 4. The Hall–Kier alpha value is -4.15. The van der Waals surface area contributed by atoms with Gasteiger partial charge in [0.15, 0.2) is 0 Å². The van der Waals surface area contributed by atoms with E-state index < -0.39 is 7.75 Å². The highest BCUT2D eigenvalue weighted by Gasteiger charge is 2.38. The van der Waals surface area contributed by atoms with Gasteiger partial charge in [-0.05, 0) is 71.1 Å². The number of aromatic nitrogens is 1. The Labute approximate surface area is 224 Å². The predicted octanol–water partition coefficient (Wildman–Crippen LogP) is 9.30.